The highest BCUT2D eigenvalue weighted by Gasteiger charge is 2.15. The van der Waals surface area contributed by atoms with E-state index in [0.717, 1.165) is 14.6 Å². The van der Waals surface area contributed by atoms with Crippen LogP contribution in [0.4, 0.5) is 0 Å². The standard InChI is InChI=1S/C16H9N3O2S2/c20-9-10-14(18-13-7-3-4-8-19(13)15(10)21)23-16-17-11-5-1-2-6-12(11)22-16/h1-9H. The van der Waals surface area contributed by atoms with Gasteiger partial charge in [-0.15, -0.1) is 11.3 Å². The Kier molecular flexibility index (Phi) is 3.44. The number of hydrogen-bond donors (Lipinski definition) is 0. The van der Waals surface area contributed by atoms with E-state index in [4.69, 9.17) is 0 Å². The lowest BCUT2D eigenvalue weighted by molar-refractivity contribution is 0.111. The summed E-state index contributed by atoms with van der Waals surface area (Å²) in [6, 6.07) is 13.1. The van der Waals surface area contributed by atoms with Crippen LogP contribution in [0.5, 0.6) is 0 Å². The Labute approximate surface area is 138 Å². The van der Waals surface area contributed by atoms with Crippen LogP contribution in [-0.2, 0) is 0 Å². The Morgan fingerprint density at radius 1 is 1.09 bits per heavy atom. The summed E-state index contributed by atoms with van der Waals surface area (Å²) in [4.78, 5) is 32.7. The van der Waals surface area contributed by atoms with E-state index in [9.17, 15) is 9.59 Å². The molecule has 0 saturated carbocycles. The second kappa shape index (κ2) is 5.60. The molecule has 0 aliphatic rings. The molecule has 3 aromatic heterocycles. The van der Waals surface area contributed by atoms with Gasteiger partial charge in [0.2, 0.25) is 0 Å². The van der Waals surface area contributed by atoms with Crippen LogP contribution in [0, 0.1) is 0 Å². The van der Waals surface area contributed by atoms with Crippen molar-refractivity contribution in [2.45, 2.75) is 9.37 Å². The van der Waals surface area contributed by atoms with Crippen LogP contribution in [0.3, 0.4) is 0 Å². The summed E-state index contributed by atoms with van der Waals surface area (Å²) in [5.41, 5.74) is 1.09. The molecule has 5 nitrogen and oxygen atoms in total. The number of pyridine rings is 1. The largest absolute Gasteiger partial charge is 0.298 e. The molecule has 7 heteroatoms. The van der Waals surface area contributed by atoms with Gasteiger partial charge in [-0.1, -0.05) is 18.2 Å². The van der Waals surface area contributed by atoms with Crippen molar-refractivity contribution < 1.29 is 4.79 Å². The highest BCUT2D eigenvalue weighted by Crippen LogP contribution is 2.34. The van der Waals surface area contributed by atoms with E-state index in [-0.39, 0.29) is 11.1 Å². The maximum Gasteiger partial charge on any atom is 0.269 e. The SMILES string of the molecule is O=Cc1c(Sc2nc3ccccc3s2)nc2ccccn2c1=O. The Bertz CT molecular complexity index is 1070. The van der Waals surface area contributed by atoms with Gasteiger partial charge in [-0.05, 0) is 36.0 Å². The highest BCUT2D eigenvalue weighted by atomic mass is 32.2. The minimum absolute atomic E-state index is 0.0537. The van der Waals surface area contributed by atoms with Crippen LogP contribution in [0.2, 0.25) is 0 Å². The van der Waals surface area contributed by atoms with Gasteiger partial charge in [0, 0.05) is 6.20 Å². The summed E-state index contributed by atoms with van der Waals surface area (Å²) >= 11 is 2.75. The first-order valence-electron chi connectivity index (χ1n) is 6.76. The van der Waals surface area contributed by atoms with Crippen molar-refractivity contribution in [1.82, 2.24) is 14.4 Å². The van der Waals surface area contributed by atoms with Crippen LogP contribution in [0.15, 0.2) is 62.8 Å². The average Bonchev–Trinajstić information content (AvgIpc) is 2.97. The second-order valence-corrected chi connectivity index (χ2v) is 7.00. The van der Waals surface area contributed by atoms with E-state index in [0.29, 0.717) is 17.0 Å². The molecule has 0 bridgehead atoms. The molecule has 0 unspecified atom stereocenters. The molecule has 112 valence electrons. The molecule has 0 amide bonds. The Hall–Kier alpha value is -2.51. The highest BCUT2D eigenvalue weighted by molar-refractivity contribution is 8.01. The van der Waals surface area contributed by atoms with E-state index in [1.807, 2.05) is 24.3 Å². The van der Waals surface area contributed by atoms with Crippen molar-refractivity contribution >= 4 is 45.2 Å². The Morgan fingerprint density at radius 3 is 2.74 bits per heavy atom. The van der Waals surface area contributed by atoms with E-state index in [1.54, 1.807) is 24.4 Å². The minimum atomic E-state index is -0.366. The monoisotopic (exact) mass is 339 g/mol. The molecule has 4 rings (SSSR count). The Morgan fingerprint density at radius 2 is 1.91 bits per heavy atom. The van der Waals surface area contributed by atoms with Gasteiger partial charge in [-0.2, -0.15) is 0 Å². The molecule has 0 spiro atoms. The molecule has 0 atom stereocenters. The Balaban J connectivity index is 1.87. The second-order valence-electron chi connectivity index (χ2n) is 4.73. The van der Waals surface area contributed by atoms with Crippen molar-refractivity contribution in [3.8, 4) is 0 Å². The van der Waals surface area contributed by atoms with Crippen LogP contribution >= 0.6 is 23.1 Å². The number of rotatable bonds is 3. The molecule has 0 radical (unpaired) electrons. The third-order valence-electron chi connectivity index (χ3n) is 3.31. The van der Waals surface area contributed by atoms with Gasteiger partial charge in [-0.3, -0.25) is 14.0 Å². The first-order chi connectivity index (χ1) is 11.3. The predicted octanol–water partition coefficient (Wildman–Crippen LogP) is 3.27. The fraction of sp³-hybridized carbons (Fsp3) is 0. The zero-order valence-electron chi connectivity index (χ0n) is 11.7. The molecule has 0 saturated heterocycles. The van der Waals surface area contributed by atoms with Crippen LogP contribution in [-0.4, -0.2) is 20.7 Å². The molecular weight excluding hydrogens is 330 g/mol. The van der Waals surface area contributed by atoms with E-state index < -0.39 is 0 Å². The summed E-state index contributed by atoms with van der Waals surface area (Å²) in [6.45, 7) is 0. The predicted molar refractivity (Wildman–Crippen MR) is 90.6 cm³/mol. The summed E-state index contributed by atoms with van der Waals surface area (Å²) in [5.74, 6) is 0. The lowest BCUT2D eigenvalue weighted by atomic mass is 10.3. The number of hydrogen-bond acceptors (Lipinski definition) is 6. The van der Waals surface area contributed by atoms with Gasteiger partial charge in [0.15, 0.2) is 10.6 Å². The summed E-state index contributed by atoms with van der Waals surface area (Å²) in [5, 5.41) is 0.384. The fourth-order valence-electron chi connectivity index (χ4n) is 2.24. The summed E-state index contributed by atoms with van der Waals surface area (Å²) in [7, 11) is 0. The number of carbonyl (C=O) groups is 1. The molecule has 0 aliphatic carbocycles. The van der Waals surface area contributed by atoms with Gasteiger partial charge in [0.25, 0.3) is 5.56 Å². The molecule has 0 aliphatic heterocycles. The zero-order valence-corrected chi connectivity index (χ0v) is 13.3. The molecular formula is C16H9N3O2S2. The van der Waals surface area contributed by atoms with Crippen LogP contribution in [0.1, 0.15) is 10.4 Å². The number of thiazole rings is 1. The molecule has 0 N–H and O–H groups in total. The third-order valence-corrected chi connectivity index (χ3v) is 5.41. The molecule has 4 aromatic rings. The molecule has 0 fully saturated rings. The van der Waals surface area contributed by atoms with Crippen molar-refractivity contribution in [3.05, 3.63) is 64.6 Å². The first-order valence-corrected chi connectivity index (χ1v) is 8.39. The molecule has 1 aromatic carbocycles. The maximum atomic E-state index is 12.4. The smallest absolute Gasteiger partial charge is 0.269 e. The lowest BCUT2D eigenvalue weighted by Gasteiger charge is -2.04. The zero-order chi connectivity index (χ0) is 15.8. The molecule has 3 heterocycles. The number of fused-ring (bicyclic) bond motifs is 2. The van der Waals surface area contributed by atoms with E-state index >= 15 is 0 Å². The molecule has 23 heavy (non-hydrogen) atoms. The number of aromatic nitrogens is 3. The number of nitrogens with zero attached hydrogens (tertiary/aromatic N) is 3. The van der Waals surface area contributed by atoms with Gasteiger partial charge in [0.1, 0.15) is 16.2 Å². The minimum Gasteiger partial charge on any atom is -0.298 e. The van der Waals surface area contributed by atoms with E-state index in [2.05, 4.69) is 9.97 Å². The summed E-state index contributed by atoms with van der Waals surface area (Å²) < 4.78 is 3.17. The number of carbonyl (C=O) groups excluding carboxylic acids is 1. The van der Waals surface area contributed by atoms with Gasteiger partial charge in [0.05, 0.1) is 10.2 Å². The fourth-order valence-corrected chi connectivity index (χ4v) is 4.30. The van der Waals surface area contributed by atoms with Crippen LogP contribution in [0.25, 0.3) is 15.9 Å². The number of para-hydroxylation sites is 1. The third kappa shape index (κ3) is 2.43. The van der Waals surface area contributed by atoms with Crippen molar-refractivity contribution in [2.75, 3.05) is 0 Å². The van der Waals surface area contributed by atoms with Crippen molar-refractivity contribution in [1.29, 1.82) is 0 Å². The normalized spacial score (nSPS) is 11.1. The summed E-state index contributed by atoms with van der Waals surface area (Å²) in [6.07, 6.45) is 2.16. The van der Waals surface area contributed by atoms with Crippen molar-refractivity contribution in [2.24, 2.45) is 0 Å². The topological polar surface area (TPSA) is 64.3 Å². The van der Waals surface area contributed by atoms with Gasteiger partial charge >= 0.3 is 0 Å². The first kappa shape index (κ1) is 14.1. The van der Waals surface area contributed by atoms with E-state index in [1.165, 1.54) is 27.5 Å². The average molecular weight is 339 g/mol. The van der Waals surface area contributed by atoms with Crippen molar-refractivity contribution in [3.63, 3.8) is 0 Å². The quantitative estimate of drug-likeness (QED) is 0.423. The number of aldehydes is 1. The number of benzene rings is 1. The lowest BCUT2D eigenvalue weighted by Crippen LogP contribution is -2.20. The van der Waals surface area contributed by atoms with Crippen LogP contribution < -0.4 is 5.56 Å². The van der Waals surface area contributed by atoms with Gasteiger partial charge < -0.3 is 0 Å². The van der Waals surface area contributed by atoms with Gasteiger partial charge in [-0.25, -0.2) is 9.97 Å². The maximum absolute atomic E-state index is 12.4.